The van der Waals surface area contributed by atoms with Crippen LogP contribution < -0.4 is 9.47 Å². The second-order valence-electron chi connectivity index (χ2n) is 3.25. The number of hydrogen-bond donors (Lipinski definition) is 1. The van der Waals surface area contributed by atoms with Gasteiger partial charge in [-0.25, -0.2) is 0 Å². The molecular formula is C9H8ClNO5. The standard InChI is InChI=1S/C9H8ClNO5/c10-7-1-5(11(13)14)2-8-9(7)15-4-6(3-12)16-8/h1-2,6,12H,3-4H2/t6-/m1/s1. The van der Waals surface area contributed by atoms with Gasteiger partial charge in [0.1, 0.15) is 6.61 Å². The monoisotopic (exact) mass is 245 g/mol. The molecule has 0 aromatic heterocycles. The van der Waals surface area contributed by atoms with E-state index >= 15 is 0 Å². The van der Waals surface area contributed by atoms with Crippen molar-refractivity contribution in [1.29, 1.82) is 0 Å². The van der Waals surface area contributed by atoms with E-state index in [0.717, 1.165) is 0 Å². The number of nitro groups is 1. The summed E-state index contributed by atoms with van der Waals surface area (Å²) in [7, 11) is 0. The highest BCUT2D eigenvalue weighted by atomic mass is 35.5. The summed E-state index contributed by atoms with van der Waals surface area (Å²) < 4.78 is 10.5. The molecule has 1 aliphatic rings. The lowest BCUT2D eigenvalue weighted by molar-refractivity contribution is -0.385. The molecule has 6 nitrogen and oxygen atoms in total. The summed E-state index contributed by atoms with van der Waals surface area (Å²) in [5.74, 6) is 0.460. The number of ether oxygens (including phenoxy) is 2. The molecule has 0 amide bonds. The zero-order valence-electron chi connectivity index (χ0n) is 8.05. The lowest BCUT2D eigenvalue weighted by Gasteiger charge is -2.25. The van der Waals surface area contributed by atoms with Crippen molar-refractivity contribution in [3.05, 3.63) is 27.3 Å². The van der Waals surface area contributed by atoms with Gasteiger partial charge in [0.15, 0.2) is 17.6 Å². The summed E-state index contributed by atoms with van der Waals surface area (Å²) in [6, 6.07) is 2.42. The van der Waals surface area contributed by atoms with Crippen LogP contribution in [0, 0.1) is 10.1 Å². The summed E-state index contributed by atoms with van der Waals surface area (Å²) in [4.78, 5) is 10.0. The number of aliphatic hydroxyl groups is 1. The van der Waals surface area contributed by atoms with Gasteiger partial charge in [0.2, 0.25) is 0 Å². The van der Waals surface area contributed by atoms with Gasteiger partial charge in [-0.15, -0.1) is 0 Å². The normalized spacial score (nSPS) is 18.2. The van der Waals surface area contributed by atoms with Gasteiger partial charge in [-0.2, -0.15) is 0 Å². The molecule has 1 aliphatic heterocycles. The third-order valence-corrected chi connectivity index (χ3v) is 2.40. The molecule has 1 heterocycles. The van der Waals surface area contributed by atoms with Gasteiger partial charge < -0.3 is 14.6 Å². The van der Waals surface area contributed by atoms with E-state index in [1.807, 2.05) is 0 Å². The van der Waals surface area contributed by atoms with E-state index < -0.39 is 11.0 Å². The van der Waals surface area contributed by atoms with Crippen LogP contribution in [-0.4, -0.2) is 29.3 Å². The fourth-order valence-corrected chi connectivity index (χ4v) is 1.63. The molecule has 1 atom stereocenters. The van der Waals surface area contributed by atoms with E-state index in [1.54, 1.807) is 0 Å². The Balaban J connectivity index is 2.41. The van der Waals surface area contributed by atoms with Crippen molar-refractivity contribution < 1.29 is 19.5 Å². The van der Waals surface area contributed by atoms with Crippen molar-refractivity contribution in [2.24, 2.45) is 0 Å². The Kier molecular flexibility index (Phi) is 2.84. The Morgan fingerprint density at radius 2 is 2.38 bits per heavy atom. The van der Waals surface area contributed by atoms with Gasteiger partial charge in [-0.1, -0.05) is 11.6 Å². The molecule has 0 radical (unpaired) electrons. The number of nitrogens with zero attached hydrogens (tertiary/aromatic N) is 1. The van der Waals surface area contributed by atoms with Gasteiger partial charge in [-0.05, 0) is 0 Å². The number of benzene rings is 1. The van der Waals surface area contributed by atoms with Crippen molar-refractivity contribution in [3.8, 4) is 11.5 Å². The molecule has 86 valence electrons. The first-order valence-electron chi connectivity index (χ1n) is 4.50. The van der Waals surface area contributed by atoms with Crippen LogP contribution in [0.1, 0.15) is 0 Å². The summed E-state index contributed by atoms with van der Waals surface area (Å²) >= 11 is 5.81. The molecule has 1 aromatic carbocycles. The molecular weight excluding hydrogens is 238 g/mol. The maximum Gasteiger partial charge on any atom is 0.274 e. The van der Waals surface area contributed by atoms with Crippen LogP contribution in [0.3, 0.4) is 0 Å². The maximum atomic E-state index is 10.6. The summed E-state index contributed by atoms with van der Waals surface area (Å²) in [6.07, 6.45) is -0.523. The van der Waals surface area contributed by atoms with Gasteiger partial charge in [0.05, 0.1) is 22.6 Å². The van der Waals surface area contributed by atoms with Crippen LogP contribution in [-0.2, 0) is 0 Å². The number of fused-ring (bicyclic) bond motifs is 1. The largest absolute Gasteiger partial charge is 0.484 e. The Morgan fingerprint density at radius 1 is 1.62 bits per heavy atom. The van der Waals surface area contributed by atoms with E-state index in [1.165, 1.54) is 12.1 Å². The number of nitro benzene ring substituents is 1. The third kappa shape index (κ3) is 1.89. The Bertz CT molecular complexity index is 436. The smallest absolute Gasteiger partial charge is 0.274 e. The van der Waals surface area contributed by atoms with Crippen molar-refractivity contribution in [3.63, 3.8) is 0 Å². The van der Waals surface area contributed by atoms with Crippen molar-refractivity contribution in [2.45, 2.75) is 6.10 Å². The minimum atomic E-state index is -0.571. The van der Waals surface area contributed by atoms with Crippen molar-refractivity contribution in [1.82, 2.24) is 0 Å². The molecule has 0 bridgehead atoms. The summed E-state index contributed by atoms with van der Waals surface area (Å²) in [5, 5.41) is 19.6. The van der Waals surface area contributed by atoms with E-state index in [-0.39, 0.29) is 35.4 Å². The fraction of sp³-hybridized carbons (Fsp3) is 0.333. The van der Waals surface area contributed by atoms with E-state index in [9.17, 15) is 10.1 Å². The van der Waals surface area contributed by atoms with Crippen molar-refractivity contribution in [2.75, 3.05) is 13.2 Å². The third-order valence-electron chi connectivity index (χ3n) is 2.12. The number of hydrogen-bond acceptors (Lipinski definition) is 5. The number of aliphatic hydroxyl groups excluding tert-OH is 1. The highest BCUT2D eigenvalue weighted by Gasteiger charge is 2.25. The molecule has 7 heteroatoms. The maximum absolute atomic E-state index is 10.6. The number of halogens is 1. The van der Waals surface area contributed by atoms with Gasteiger partial charge in [-0.3, -0.25) is 10.1 Å². The zero-order chi connectivity index (χ0) is 11.7. The average Bonchev–Trinajstić information content (AvgIpc) is 2.28. The molecule has 1 aromatic rings. The van der Waals surface area contributed by atoms with Crippen LogP contribution in [0.15, 0.2) is 12.1 Å². The zero-order valence-corrected chi connectivity index (χ0v) is 8.81. The van der Waals surface area contributed by atoms with E-state index in [4.69, 9.17) is 26.2 Å². The molecule has 0 unspecified atom stereocenters. The van der Waals surface area contributed by atoms with Crippen LogP contribution in [0.4, 0.5) is 5.69 Å². The first-order valence-corrected chi connectivity index (χ1v) is 4.88. The van der Waals surface area contributed by atoms with Gasteiger partial charge >= 0.3 is 0 Å². The Hall–Kier alpha value is -1.53. The first-order chi connectivity index (χ1) is 7.61. The first kappa shape index (κ1) is 11.0. The topological polar surface area (TPSA) is 81.8 Å². The molecule has 0 saturated heterocycles. The predicted molar refractivity (Wildman–Crippen MR) is 55.1 cm³/mol. The molecule has 2 rings (SSSR count). The average molecular weight is 246 g/mol. The fourth-order valence-electron chi connectivity index (χ4n) is 1.37. The molecule has 0 aliphatic carbocycles. The van der Waals surface area contributed by atoms with Crippen LogP contribution in [0.5, 0.6) is 11.5 Å². The quantitative estimate of drug-likeness (QED) is 0.629. The van der Waals surface area contributed by atoms with Crippen LogP contribution in [0.2, 0.25) is 5.02 Å². The second-order valence-corrected chi connectivity index (χ2v) is 3.65. The van der Waals surface area contributed by atoms with E-state index in [2.05, 4.69) is 0 Å². The lowest BCUT2D eigenvalue weighted by atomic mass is 10.2. The van der Waals surface area contributed by atoms with Crippen LogP contribution >= 0.6 is 11.6 Å². The SMILES string of the molecule is O=[N+]([O-])c1cc(Cl)c2c(c1)O[C@H](CO)CO2. The molecule has 0 saturated carbocycles. The lowest BCUT2D eigenvalue weighted by Crippen LogP contribution is -2.32. The summed E-state index contributed by atoms with van der Waals surface area (Å²) in [6.45, 7) is -0.0548. The second kappa shape index (κ2) is 4.15. The molecule has 1 N–H and O–H groups in total. The molecule has 0 spiro atoms. The molecule has 16 heavy (non-hydrogen) atoms. The summed E-state index contributed by atoms with van der Waals surface area (Å²) in [5.41, 5.74) is -0.175. The Morgan fingerprint density at radius 3 is 3.00 bits per heavy atom. The minimum Gasteiger partial charge on any atom is -0.484 e. The van der Waals surface area contributed by atoms with Crippen LogP contribution in [0.25, 0.3) is 0 Å². The highest BCUT2D eigenvalue weighted by Crippen LogP contribution is 2.41. The van der Waals surface area contributed by atoms with Gasteiger partial charge in [0.25, 0.3) is 5.69 Å². The van der Waals surface area contributed by atoms with Crippen molar-refractivity contribution >= 4 is 17.3 Å². The molecule has 0 fully saturated rings. The van der Waals surface area contributed by atoms with E-state index in [0.29, 0.717) is 0 Å². The Labute approximate surface area is 95.5 Å². The number of rotatable bonds is 2. The predicted octanol–water partition coefficient (Wildman–Crippen LogP) is 1.38. The van der Waals surface area contributed by atoms with Gasteiger partial charge in [0, 0.05) is 6.07 Å². The minimum absolute atomic E-state index is 0.126. The number of non-ortho nitro benzene ring substituents is 1. The highest BCUT2D eigenvalue weighted by molar-refractivity contribution is 6.32.